The number of nitro groups is 1. The van der Waals surface area contributed by atoms with Crippen LogP contribution >= 0.6 is 11.6 Å². The number of halogens is 1. The Morgan fingerprint density at radius 1 is 1.10 bits per heavy atom. The van der Waals surface area contributed by atoms with Crippen LogP contribution in [0.5, 0.6) is 0 Å². The Balaban J connectivity index is 2.15. The molecule has 0 saturated heterocycles. The second-order valence-corrected chi connectivity index (χ2v) is 6.23. The predicted molar refractivity (Wildman–Crippen MR) is 104 cm³/mol. The Kier molecular flexibility index (Phi) is 7.27. The van der Waals surface area contributed by atoms with Gasteiger partial charge in [0.1, 0.15) is 0 Å². The highest BCUT2D eigenvalue weighted by Crippen LogP contribution is 2.20. The van der Waals surface area contributed by atoms with Gasteiger partial charge in [-0.05, 0) is 44.2 Å². The topological polar surface area (TPSA) is 125 Å². The van der Waals surface area contributed by atoms with E-state index in [-0.39, 0.29) is 17.7 Å². The fourth-order valence-electron chi connectivity index (χ4n) is 2.23. The summed E-state index contributed by atoms with van der Waals surface area (Å²) < 4.78 is 9.88. The van der Waals surface area contributed by atoms with Gasteiger partial charge in [-0.1, -0.05) is 11.6 Å². The summed E-state index contributed by atoms with van der Waals surface area (Å²) in [5, 5.41) is 14.1. The summed E-state index contributed by atoms with van der Waals surface area (Å²) in [6.07, 6.45) is -1.21. The molecule has 10 heteroatoms. The number of anilines is 1. The first-order chi connectivity index (χ1) is 13.7. The number of non-ortho nitro benzene ring substituents is 1. The van der Waals surface area contributed by atoms with Crippen molar-refractivity contribution in [3.63, 3.8) is 0 Å². The Morgan fingerprint density at radius 3 is 2.24 bits per heavy atom. The molecule has 152 valence electrons. The van der Waals surface area contributed by atoms with E-state index in [1.807, 2.05) is 0 Å². The van der Waals surface area contributed by atoms with Crippen molar-refractivity contribution in [1.82, 2.24) is 0 Å². The van der Waals surface area contributed by atoms with Crippen LogP contribution in [0.3, 0.4) is 0 Å². The molecule has 0 aliphatic heterocycles. The van der Waals surface area contributed by atoms with Gasteiger partial charge in [0, 0.05) is 22.8 Å². The van der Waals surface area contributed by atoms with Crippen molar-refractivity contribution in [2.24, 2.45) is 0 Å². The smallest absolute Gasteiger partial charge is 0.339 e. The normalized spacial score (nSPS) is 11.3. The third-order valence-electron chi connectivity index (χ3n) is 3.64. The molecule has 0 saturated carbocycles. The molecule has 9 nitrogen and oxygen atoms in total. The quantitative estimate of drug-likeness (QED) is 0.412. The van der Waals surface area contributed by atoms with Crippen molar-refractivity contribution in [3.8, 4) is 0 Å². The van der Waals surface area contributed by atoms with Gasteiger partial charge in [0.25, 0.3) is 11.6 Å². The van der Waals surface area contributed by atoms with Gasteiger partial charge in [-0.15, -0.1) is 0 Å². The molecule has 2 rings (SSSR count). The molecule has 0 heterocycles. The van der Waals surface area contributed by atoms with Gasteiger partial charge >= 0.3 is 11.9 Å². The summed E-state index contributed by atoms with van der Waals surface area (Å²) in [6.45, 7) is 2.97. The van der Waals surface area contributed by atoms with Gasteiger partial charge in [0.15, 0.2) is 6.10 Å². The van der Waals surface area contributed by atoms with E-state index in [4.69, 9.17) is 21.1 Å². The lowest BCUT2D eigenvalue weighted by Gasteiger charge is -2.14. The molecule has 1 unspecified atom stereocenters. The van der Waals surface area contributed by atoms with E-state index < -0.39 is 34.6 Å². The predicted octanol–water partition coefficient (Wildman–Crippen LogP) is 3.61. The van der Waals surface area contributed by atoms with E-state index in [9.17, 15) is 24.5 Å². The van der Waals surface area contributed by atoms with Crippen LogP contribution < -0.4 is 5.32 Å². The first-order valence-electron chi connectivity index (χ1n) is 8.45. The molecule has 1 atom stereocenters. The third kappa shape index (κ3) is 6.01. The number of nitrogens with one attached hydrogen (secondary N) is 1. The molecule has 0 fully saturated rings. The van der Waals surface area contributed by atoms with E-state index in [0.29, 0.717) is 10.7 Å². The number of nitrogens with zero attached hydrogens (tertiary/aromatic N) is 1. The lowest BCUT2D eigenvalue weighted by Crippen LogP contribution is -2.30. The molecule has 0 bridgehead atoms. The molecule has 0 aromatic heterocycles. The van der Waals surface area contributed by atoms with E-state index >= 15 is 0 Å². The van der Waals surface area contributed by atoms with Gasteiger partial charge in [-0.2, -0.15) is 0 Å². The largest absolute Gasteiger partial charge is 0.462 e. The van der Waals surface area contributed by atoms with Crippen LogP contribution in [0.15, 0.2) is 42.5 Å². The molecule has 2 aromatic rings. The number of rotatable bonds is 7. The summed E-state index contributed by atoms with van der Waals surface area (Å²) in [7, 11) is 0. The van der Waals surface area contributed by atoms with E-state index in [0.717, 1.165) is 18.2 Å². The molecule has 0 radical (unpaired) electrons. The van der Waals surface area contributed by atoms with Crippen molar-refractivity contribution in [3.05, 3.63) is 68.7 Å². The van der Waals surface area contributed by atoms with Gasteiger partial charge in [-0.25, -0.2) is 9.59 Å². The Morgan fingerprint density at radius 2 is 1.69 bits per heavy atom. The zero-order valence-electron chi connectivity index (χ0n) is 15.5. The molecule has 29 heavy (non-hydrogen) atoms. The summed E-state index contributed by atoms with van der Waals surface area (Å²) in [6, 6.07) is 9.35. The minimum atomic E-state index is -1.21. The monoisotopic (exact) mass is 420 g/mol. The molecule has 1 N–H and O–H groups in total. The lowest BCUT2D eigenvalue weighted by atomic mass is 10.1. The fourth-order valence-corrected chi connectivity index (χ4v) is 2.35. The van der Waals surface area contributed by atoms with E-state index in [2.05, 4.69) is 5.32 Å². The van der Waals surface area contributed by atoms with E-state index in [1.54, 1.807) is 31.2 Å². The number of carbonyl (C=O) groups excluding carboxylic acids is 3. The maximum Gasteiger partial charge on any atom is 0.339 e. The number of hydrogen-bond donors (Lipinski definition) is 1. The van der Waals surface area contributed by atoms with Gasteiger partial charge in [-0.3, -0.25) is 14.9 Å². The van der Waals surface area contributed by atoms with Crippen molar-refractivity contribution < 1.29 is 28.8 Å². The van der Waals surface area contributed by atoms with Crippen molar-refractivity contribution >= 4 is 40.8 Å². The van der Waals surface area contributed by atoms with Gasteiger partial charge in [0.05, 0.1) is 22.7 Å². The molecule has 0 aliphatic rings. The summed E-state index contributed by atoms with van der Waals surface area (Å²) in [5.74, 6) is -2.44. The molecule has 2 aromatic carbocycles. The van der Waals surface area contributed by atoms with Crippen LogP contribution in [0.2, 0.25) is 5.02 Å². The maximum absolute atomic E-state index is 12.4. The second kappa shape index (κ2) is 9.65. The van der Waals surface area contributed by atoms with Crippen LogP contribution in [0.4, 0.5) is 11.4 Å². The number of hydrogen-bond acceptors (Lipinski definition) is 7. The highest BCUT2D eigenvalue weighted by Gasteiger charge is 2.23. The molecular weight excluding hydrogens is 404 g/mol. The zero-order chi connectivity index (χ0) is 21.6. The van der Waals surface area contributed by atoms with Crippen molar-refractivity contribution in [1.29, 1.82) is 0 Å². The standard InChI is InChI=1S/C19H17ClN2O7/c1-3-28-18(24)12-8-13(10-16(9-12)22(26)27)19(25)29-11(2)17(23)21-15-6-4-14(20)5-7-15/h4-11H,3H2,1-2H3,(H,21,23). The molecule has 0 aliphatic carbocycles. The fraction of sp³-hybridized carbons (Fsp3) is 0.211. The van der Waals surface area contributed by atoms with Crippen LogP contribution in [0.25, 0.3) is 0 Å². The third-order valence-corrected chi connectivity index (χ3v) is 3.89. The average Bonchev–Trinajstić information content (AvgIpc) is 2.69. The minimum absolute atomic E-state index is 0.0587. The number of ether oxygens (including phenoxy) is 2. The number of amides is 1. The number of esters is 2. The SMILES string of the molecule is CCOC(=O)c1cc(C(=O)OC(C)C(=O)Nc2ccc(Cl)cc2)cc([N+](=O)[O-])c1. The minimum Gasteiger partial charge on any atom is -0.462 e. The summed E-state index contributed by atoms with van der Waals surface area (Å²) >= 11 is 5.77. The molecule has 0 spiro atoms. The van der Waals surface area contributed by atoms with Crippen molar-refractivity contribution in [2.45, 2.75) is 20.0 Å². The van der Waals surface area contributed by atoms with Gasteiger partial charge < -0.3 is 14.8 Å². The Bertz CT molecular complexity index is 944. The second-order valence-electron chi connectivity index (χ2n) is 5.79. The summed E-state index contributed by atoms with van der Waals surface area (Å²) in [5.41, 5.74) is -0.470. The lowest BCUT2D eigenvalue weighted by molar-refractivity contribution is -0.384. The first kappa shape index (κ1) is 21.8. The van der Waals surface area contributed by atoms with Crippen LogP contribution in [-0.2, 0) is 14.3 Å². The van der Waals surface area contributed by atoms with Crippen LogP contribution in [0.1, 0.15) is 34.6 Å². The Hall–Kier alpha value is -3.46. The molecular formula is C19H17ClN2O7. The highest BCUT2D eigenvalue weighted by molar-refractivity contribution is 6.30. The van der Waals surface area contributed by atoms with Crippen LogP contribution in [-0.4, -0.2) is 35.5 Å². The van der Waals surface area contributed by atoms with E-state index in [1.165, 1.54) is 6.92 Å². The number of benzene rings is 2. The number of nitro benzene ring substituents is 1. The average molecular weight is 421 g/mol. The zero-order valence-corrected chi connectivity index (χ0v) is 16.3. The van der Waals surface area contributed by atoms with Crippen molar-refractivity contribution in [2.75, 3.05) is 11.9 Å². The molecule has 1 amide bonds. The Labute approximate surface area is 170 Å². The number of carbonyl (C=O) groups is 3. The van der Waals surface area contributed by atoms with Crippen LogP contribution in [0, 0.1) is 10.1 Å². The van der Waals surface area contributed by atoms with Gasteiger partial charge in [0.2, 0.25) is 0 Å². The highest BCUT2D eigenvalue weighted by atomic mass is 35.5. The summed E-state index contributed by atoms with van der Waals surface area (Å²) in [4.78, 5) is 46.8. The first-order valence-corrected chi connectivity index (χ1v) is 8.83. The maximum atomic E-state index is 12.4.